The van der Waals surface area contributed by atoms with E-state index >= 15 is 0 Å². The third kappa shape index (κ3) is 4.89. The van der Waals surface area contributed by atoms with E-state index in [9.17, 15) is 13.2 Å². The molecule has 3 aromatic rings. The van der Waals surface area contributed by atoms with Crippen LogP contribution in [0.3, 0.4) is 0 Å². The number of imidazole rings is 1. The summed E-state index contributed by atoms with van der Waals surface area (Å²) in [6.07, 6.45) is 6.29. The van der Waals surface area contributed by atoms with Crippen molar-refractivity contribution in [3.8, 4) is 17.2 Å². The first kappa shape index (κ1) is 23.4. The van der Waals surface area contributed by atoms with Crippen molar-refractivity contribution in [3.63, 3.8) is 0 Å². The van der Waals surface area contributed by atoms with Gasteiger partial charge in [-0.1, -0.05) is 12.1 Å². The van der Waals surface area contributed by atoms with Crippen molar-refractivity contribution in [1.82, 2.24) is 19.2 Å². The maximum atomic E-state index is 13.1. The molecule has 1 aromatic heterocycles. The van der Waals surface area contributed by atoms with Gasteiger partial charge in [0.2, 0.25) is 15.9 Å². The lowest BCUT2D eigenvalue weighted by Crippen LogP contribution is -2.43. The fourth-order valence-corrected chi connectivity index (χ4v) is 5.94. The molecule has 1 saturated heterocycles. The maximum absolute atomic E-state index is 13.1. The van der Waals surface area contributed by atoms with Crippen LogP contribution < -0.4 is 14.8 Å². The van der Waals surface area contributed by atoms with Crippen molar-refractivity contribution in [3.05, 3.63) is 66.7 Å². The van der Waals surface area contributed by atoms with Crippen molar-refractivity contribution < 1.29 is 22.7 Å². The number of amides is 1. The average molecular weight is 497 g/mol. The second kappa shape index (κ2) is 9.71. The summed E-state index contributed by atoms with van der Waals surface area (Å²) in [5, 5.41) is 3.08. The van der Waals surface area contributed by atoms with Crippen molar-refractivity contribution in [2.24, 2.45) is 5.92 Å². The lowest BCUT2D eigenvalue weighted by atomic mass is 9.96. The number of hydrogen-bond donors (Lipinski definition) is 1. The first-order chi connectivity index (χ1) is 16.9. The molecule has 10 heteroatoms. The molecule has 1 amide bonds. The molecule has 2 aromatic carbocycles. The number of benzene rings is 2. The molecule has 1 unspecified atom stereocenters. The maximum Gasteiger partial charge on any atom is 0.243 e. The van der Waals surface area contributed by atoms with Gasteiger partial charge in [0.15, 0.2) is 11.5 Å². The third-order valence-corrected chi connectivity index (χ3v) is 8.43. The monoisotopic (exact) mass is 496 g/mol. The van der Waals surface area contributed by atoms with Crippen LogP contribution in [0.4, 0.5) is 0 Å². The number of fused-ring (bicyclic) bond motifs is 1. The highest BCUT2D eigenvalue weighted by Crippen LogP contribution is 2.34. The number of nitrogens with one attached hydrogen (secondary N) is 1. The minimum absolute atomic E-state index is 0.0486. The topological polar surface area (TPSA) is 103 Å². The minimum atomic E-state index is -3.67. The molecule has 2 aliphatic heterocycles. The molecule has 9 nitrogen and oxygen atoms in total. The molecule has 0 aliphatic carbocycles. The molecule has 0 spiro atoms. The van der Waals surface area contributed by atoms with Crippen molar-refractivity contribution in [2.45, 2.75) is 30.7 Å². The summed E-state index contributed by atoms with van der Waals surface area (Å²) in [4.78, 5) is 17.1. The molecule has 1 N–H and O–H groups in total. The van der Waals surface area contributed by atoms with Gasteiger partial charge in [0, 0.05) is 43.2 Å². The van der Waals surface area contributed by atoms with Crippen molar-refractivity contribution in [2.75, 3.05) is 26.3 Å². The number of hydrogen-bond acceptors (Lipinski definition) is 6. The fourth-order valence-electron chi connectivity index (χ4n) is 4.45. The van der Waals surface area contributed by atoms with E-state index in [-0.39, 0.29) is 22.8 Å². The number of carbonyl (C=O) groups excluding carboxylic acids is 1. The number of aromatic nitrogens is 2. The van der Waals surface area contributed by atoms with E-state index < -0.39 is 10.0 Å². The van der Waals surface area contributed by atoms with Crippen LogP contribution in [0.15, 0.2) is 66.1 Å². The average Bonchev–Trinajstić information content (AvgIpc) is 3.43. The Labute approximate surface area is 204 Å². The van der Waals surface area contributed by atoms with Crippen LogP contribution in [0.5, 0.6) is 11.5 Å². The summed E-state index contributed by atoms with van der Waals surface area (Å²) in [5.41, 5.74) is 2.00. The summed E-state index contributed by atoms with van der Waals surface area (Å²) in [5.74, 6) is 0.719. The van der Waals surface area contributed by atoms with Crippen LogP contribution in [0.2, 0.25) is 0 Å². The third-order valence-electron chi connectivity index (χ3n) is 6.53. The Morgan fingerprint density at radius 3 is 2.46 bits per heavy atom. The summed E-state index contributed by atoms with van der Waals surface area (Å²) >= 11 is 0. The van der Waals surface area contributed by atoms with E-state index in [1.54, 1.807) is 24.7 Å². The molecule has 3 heterocycles. The van der Waals surface area contributed by atoms with Gasteiger partial charge in [-0.15, -0.1) is 0 Å². The van der Waals surface area contributed by atoms with Gasteiger partial charge < -0.3 is 19.4 Å². The lowest BCUT2D eigenvalue weighted by molar-refractivity contribution is -0.126. The quantitative estimate of drug-likeness (QED) is 0.563. The number of rotatable bonds is 6. The molecular formula is C25H28N4O5S. The second-order valence-corrected chi connectivity index (χ2v) is 10.7. The van der Waals surface area contributed by atoms with Crippen LogP contribution >= 0.6 is 0 Å². The SMILES string of the molecule is CC(NC(=O)C1CCN(S(=O)(=O)c2ccc3c(c2)OCCO3)CC1)c1ccc(-n2ccnc2)cc1. The van der Waals surface area contributed by atoms with Gasteiger partial charge >= 0.3 is 0 Å². The molecular weight excluding hydrogens is 468 g/mol. The number of ether oxygens (including phenoxy) is 2. The highest BCUT2D eigenvalue weighted by atomic mass is 32.2. The van der Waals surface area contributed by atoms with Gasteiger partial charge in [0.25, 0.3) is 0 Å². The Bertz CT molecular complexity index is 1280. The van der Waals surface area contributed by atoms with Crippen LogP contribution in [-0.2, 0) is 14.8 Å². The largest absolute Gasteiger partial charge is 0.486 e. The van der Waals surface area contributed by atoms with E-state index in [1.807, 2.05) is 42.0 Å². The molecule has 5 rings (SSSR count). The number of sulfonamides is 1. The van der Waals surface area contributed by atoms with E-state index in [0.717, 1.165) is 11.3 Å². The molecule has 0 saturated carbocycles. The fraction of sp³-hybridized carbons (Fsp3) is 0.360. The molecule has 35 heavy (non-hydrogen) atoms. The van der Waals surface area contributed by atoms with Crippen LogP contribution in [0, 0.1) is 5.92 Å². The zero-order valence-corrected chi connectivity index (χ0v) is 20.3. The zero-order valence-electron chi connectivity index (χ0n) is 19.5. The summed E-state index contributed by atoms with van der Waals surface area (Å²) in [6, 6.07) is 12.5. The van der Waals surface area contributed by atoms with Crippen LogP contribution in [0.25, 0.3) is 5.69 Å². The van der Waals surface area contributed by atoms with Gasteiger partial charge in [0.05, 0.1) is 17.3 Å². The molecule has 1 atom stereocenters. The van der Waals surface area contributed by atoms with Gasteiger partial charge in [-0.05, 0) is 49.6 Å². The smallest absolute Gasteiger partial charge is 0.243 e. The summed E-state index contributed by atoms with van der Waals surface area (Å²) < 4.78 is 40.7. The van der Waals surface area contributed by atoms with Gasteiger partial charge in [-0.3, -0.25) is 4.79 Å². The number of piperidine rings is 1. The van der Waals surface area contributed by atoms with Crippen LogP contribution in [0.1, 0.15) is 31.4 Å². The Kier molecular flexibility index (Phi) is 6.48. The van der Waals surface area contributed by atoms with E-state index in [4.69, 9.17) is 9.47 Å². The number of nitrogens with zero attached hydrogens (tertiary/aromatic N) is 3. The first-order valence-corrected chi connectivity index (χ1v) is 13.1. The van der Waals surface area contributed by atoms with Gasteiger partial charge in [-0.25, -0.2) is 13.4 Å². The Balaban J connectivity index is 1.17. The standard InChI is InChI=1S/C25H28N4O5S/c1-18(19-2-4-21(5-3-19)28-13-10-26-17-28)27-25(30)20-8-11-29(12-9-20)35(31,32)22-6-7-23-24(16-22)34-15-14-33-23/h2-7,10,13,16-18,20H,8-9,11-12,14-15H2,1H3,(H,27,30). The normalized spacial score (nSPS) is 17.6. The molecule has 184 valence electrons. The highest BCUT2D eigenvalue weighted by Gasteiger charge is 2.33. The van der Waals surface area contributed by atoms with E-state index in [1.165, 1.54) is 10.4 Å². The minimum Gasteiger partial charge on any atom is -0.486 e. The summed E-state index contributed by atoms with van der Waals surface area (Å²) in [6.45, 7) is 3.38. The van der Waals surface area contributed by atoms with Gasteiger partial charge in [0.1, 0.15) is 13.2 Å². The molecule has 0 bridgehead atoms. The van der Waals surface area contributed by atoms with Gasteiger partial charge in [-0.2, -0.15) is 4.31 Å². The molecule has 1 fully saturated rings. The lowest BCUT2D eigenvalue weighted by Gasteiger charge is -2.31. The van der Waals surface area contributed by atoms with Crippen molar-refractivity contribution in [1.29, 1.82) is 0 Å². The van der Waals surface area contributed by atoms with E-state index in [0.29, 0.717) is 50.6 Å². The first-order valence-electron chi connectivity index (χ1n) is 11.7. The second-order valence-electron chi connectivity index (χ2n) is 8.78. The highest BCUT2D eigenvalue weighted by molar-refractivity contribution is 7.89. The predicted molar refractivity (Wildman–Crippen MR) is 129 cm³/mol. The molecule has 2 aliphatic rings. The Morgan fingerprint density at radius 2 is 1.77 bits per heavy atom. The Morgan fingerprint density at radius 1 is 1.06 bits per heavy atom. The zero-order chi connectivity index (χ0) is 24.4. The van der Waals surface area contributed by atoms with Crippen LogP contribution in [-0.4, -0.2) is 54.5 Å². The predicted octanol–water partition coefficient (Wildman–Crippen LogP) is 2.92. The summed E-state index contributed by atoms with van der Waals surface area (Å²) in [7, 11) is -3.67. The van der Waals surface area contributed by atoms with Crippen molar-refractivity contribution >= 4 is 15.9 Å². The van der Waals surface area contributed by atoms with E-state index in [2.05, 4.69) is 10.3 Å². The number of carbonyl (C=O) groups is 1. The Hall–Kier alpha value is -3.37. The molecule has 0 radical (unpaired) electrons.